The molecule has 0 unspecified atom stereocenters. The van der Waals surface area contributed by atoms with Gasteiger partial charge < -0.3 is 4.74 Å². The van der Waals surface area contributed by atoms with Gasteiger partial charge in [0.15, 0.2) is 0 Å². The molecule has 0 atom stereocenters. The highest BCUT2D eigenvalue weighted by Crippen LogP contribution is 2.29. The standard InChI is InChI=1S/C16H12FNO5S/c17-12-7-5-11(6-8-12)16(20)23-10-9-18-15(19)13-3-1-2-4-14(13)24(18,21)22/h1-8H,9-10H2. The second-order valence-electron chi connectivity index (χ2n) is 5.02. The molecule has 3 rings (SSSR count). The van der Waals surface area contributed by atoms with Crippen LogP contribution in [0, 0.1) is 5.82 Å². The van der Waals surface area contributed by atoms with Gasteiger partial charge in [-0.2, -0.15) is 0 Å². The molecule has 0 N–H and O–H groups in total. The lowest BCUT2D eigenvalue weighted by Crippen LogP contribution is -2.33. The van der Waals surface area contributed by atoms with E-state index in [1.54, 1.807) is 6.07 Å². The highest BCUT2D eigenvalue weighted by molar-refractivity contribution is 7.90. The first-order valence-corrected chi connectivity index (χ1v) is 8.44. The monoisotopic (exact) mass is 349 g/mol. The van der Waals surface area contributed by atoms with Gasteiger partial charge in [-0.15, -0.1) is 0 Å². The average molecular weight is 349 g/mol. The van der Waals surface area contributed by atoms with Crippen LogP contribution in [0.25, 0.3) is 0 Å². The number of carbonyl (C=O) groups is 2. The van der Waals surface area contributed by atoms with E-state index in [0.717, 1.165) is 12.1 Å². The third-order valence-corrected chi connectivity index (χ3v) is 5.36. The SMILES string of the molecule is O=C(OCCN1C(=O)c2ccccc2S1(=O)=O)c1ccc(F)cc1. The first-order chi connectivity index (χ1) is 11.4. The summed E-state index contributed by atoms with van der Waals surface area (Å²) in [5.41, 5.74) is 0.234. The minimum Gasteiger partial charge on any atom is -0.460 e. The van der Waals surface area contributed by atoms with Crippen LogP contribution in [0.5, 0.6) is 0 Å². The van der Waals surface area contributed by atoms with Gasteiger partial charge in [-0.05, 0) is 36.4 Å². The zero-order chi connectivity index (χ0) is 17.3. The fourth-order valence-corrected chi connectivity index (χ4v) is 3.90. The van der Waals surface area contributed by atoms with E-state index < -0.39 is 27.7 Å². The molecule has 0 fully saturated rings. The normalized spacial score (nSPS) is 15.2. The lowest BCUT2D eigenvalue weighted by molar-refractivity contribution is 0.0477. The predicted molar refractivity (Wildman–Crippen MR) is 81.3 cm³/mol. The first kappa shape index (κ1) is 16.1. The van der Waals surface area contributed by atoms with Crippen molar-refractivity contribution < 1.29 is 27.1 Å². The maximum absolute atomic E-state index is 12.8. The number of benzene rings is 2. The minimum atomic E-state index is -3.92. The van der Waals surface area contributed by atoms with Crippen molar-refractivity contribution in [1.29, 1.82) is 0 Å². The van der Waals surface area contributed by atoms with Crippen molar-refractivity contribution in [1.82, 2.24) is 4.31 Å². The zero-order valence-corrected chi connectivity index (χ0v) is 13.1. The molecule has 24 heavy (non-hydrogen) atoms. The number of ether oxygens (including phenoxy) is 1. The smallest absolute Gasteiger partial charge is 0.338 e. The van der Waals surface area contributed by atoms with Gasteiger partial charge in [0.25, 0.3) is 15.9 Å². The Hall–Kier alpha value is -2.74. The molecule has 1 aliphatic heterocycles. The largest absolute Gasteiger partial charge is 0.460 e. The van der Waals surface area contributed by atoms with E-state index in [2.05, 4.69) is 0 Å². The molecule has 0 aromatic heterocycles. The molecule has 0 saturated carbocycles. The molecule has 6 nitrogen and oxygen atoms in total. The maximum Gasteiger partial charge on any atom is 0.338 e. The highest BCUT2D eigenvalue weighted by atomic mass is 32.2. The van der Waals surface area contributed by atoms with E-state index in [1.165, 1.54) is 30.3 Å². The summed E-state index contributed by atoms with van der Waals surface area (Å²) in [5, 5.41) is 0. The highest BCUT2D eigenvalue weighted by Gasteiger charge is 2.40. The molecule has 0 saturated heterocycles. The van der Waals surface area contributed by atoms with Gasteiger partial charge in [0.1, 0.15) is 17.3 Å². The van der Waals surface area contributed by atoms with Crippen molar-refractivity contribution in [3.05, 3.63) is 65.5 Å². The Morgan fingerprint density at radius 1 is 1.08 bits per heavy atom. The summed E-state index contributed by atoms with van der Waals surface area (Å²) < 4.78 is 43.0. The van der Waals surface area contributed by atoms with Crippen molar-refractivity contribution in [2.45, 2.75) is 4.90 Å². The molecule has 8 heteroatoms. The fourth-order valence-electron chi connectivity index (χ4n) is 2.34. The Kier molecular flexibility index (Phi) is 4.06. The Morgan fingerprint density at radius 3 is 2.42 bits per heavy atom. The number of hydrogen-bond donors (Lipinski definition) is 0. The molecule has 2 aromatic carbocycles. The molecule has 0 aliphatic carbocycles. The molecular formula is C16H12FNO5S. The third-order valence-electron chi connectivity index (χ3n) is 3.52. The molecule has 0 radical (unpaired) electrons. The second kappa shape index (κ2) is 6.04. The summed E-state index contributed by atoms with van der Waals surface area (Å²) in [5.74, 6) is -1.86. The van der Waals surface area contributed by atoms with Crippen LogP contribution in [-0.4, -0.2) is 37.8 Å². The van der Waals surface area contributed by atoms with Gasteiger partial charge in [0, 0.05) is 0 Å². The van der Waals surface area contributed by atoms with Crippen LogP contribution in [0.2, 0.25) is 0 Å². The number of sulfonamides is 1. The van der Waals surface area contributed by atoms with Crippen LogP contribution in [0.1, 0.15) is 20.7 Å². The maximum atomic E-state index is 12.8. The molecule has 2 aromatic rings. The number of carbonyl (C=O) groups excluding carboxylic acids is 2. The topological polar surface area (TPSA) is 80.8 Å². The summed E-state index contributed by atoms with van der Waals surface area (Å²) in [6.07, 6.45) is 0. The third kappa shape index (κ3) is 2.76. The molecule has 0 spiro atoms. The Balaban J connectivity index is 1.67. The summed E-state index contributed by atoms with van der Waals surface area (Å²) in [6, 6.07) is 10.6. The van der Waals surface area contributed by atoms with Crippen molar-refractivity contribution in [3.63, 3.8) is 0 Å². The van der Waals surface area contributed by atoms with Crippen molar-refractivity contribution in [2.24, 2.45) is 0 Å². The van der Waals surface area contributed by atoms with E-state index in [1.807, 2.05) is 0 Å². The van der Waals surface area contributed by atoms with Crippen LogP contribution in [0.3, 0.4) is 0 Å². The number of fused-ring (bicyclic) bond motifs is 1. The van der Waals surface area contributed by atoms with Gasteiger partial charge in [-0.25, -0.2) is 21.9 Å². The summed E-state index contributed by atoms with van der Waals surface area (Å²) in [4.78, 5) is 23.9. The van der Waals surface area contributed by atoms with E-state index in [9.17, 15) is 22.4 Å². The minimum absolute atomic E-state index is 0.0557. The number of amides is 1. The summed E-state index contributed by atoms with van der Waals surface area (Å²) >= 11 is 0. The Morgan fingerprint density at radius 2 is 1.75 bits per heavy atom. The van der Waals surface area contributed by atoms with Crippen LogP contribution in [0.15, 0.2) is 53.4 Å². The lowest BCUT2D eigenvalue weighted by atomic mass is 10.2. The quantitative estimate of drug-likeness (QED) is 0.787. The van der Waals surface area contributed by atoms with Crippen LogP contribution in [0.4, 0.5) is 4.39 Å². The number of esters is 1. The van der Waals surface area contributed by atoms with Crippen LogP contribution >= 0.6 is 0 Å². The molecule has 1 heterocycles. The number of hydrogen-bond acceptors (Lipinski definition) is 5. The van der Waals surface area contributed by atoms with E-state index in [4.69, 9.17) is 4.74 Å². The van der Waals surface area contributed by atoms with Gasteiger partial charge in [0.2, 0.25) is 0 Å². The lowest BCUT2D eigenvalue weighted by Gasteiger charge is -2.15. The van der Waals surface area contributed by atoms with Crippen LogP contribution in [-0.2, 0) is 14.8 Å². The molecule has 124 valence electrons. The summed E-state index contributed by atoms with van der Waals surface area (Å²) in [7, 11) is -3.92. The van der Waals surface area contributed by atoms with Gasteiger partial charge in [-0.3, -0.25) is 4.79 Å². The zero-order valence-electron chi connectivity index (χ0n) is 12.3. The van der Waals surface area contributed by atoms with Crippen molar-refractivity contribution >= 4 is 21.9 Å². The van der Waals surface area contributed by atoms with Crippen molar-refractivity contribution in [3.8, 4) is 0 Å². The molecule has 0 bridgehead atoms. The number of halogens is 1. The van der Waals surface area contributed by atoms with E-state index in [0.29, 0.717) is 4.31 Å². The van der Waals surface area contributed by atoms with Crippen LogP contribution < -0.4 is 0 Å². The molecular weight excluding hydrogens is 337 g/mol. The van der Waals surface area contributed by atoms with Gasteiger partial charge >= 0.3 is 5.97 Å². The van der Waals surface area contributed by atoms with E-state index in [-0.39, 0.29) is 29.2 Å². The fraction of sp³-hybridized carbons (Fsp3) is 0.125. The second-order valence-corrected chi connectivity index (χ2v) is 6.85. The first-order valence-electron chi connectivity index (χ1n) is 7.00. The Bertz CT molecular complexity index is 908. The predicted octanol–water partition coefficient (Wildman–Crippen LogP) is 1.83. The number of nitrogens with zero attached hydrogens (tertiary/aromatic N) is 1. The van der Waals surface area contributed by atoms with Gasteiger partial charge in [0.05, 0.1) is 17.7 Å². The van der Waals surface area contributed by atoms with Gasteiger partial charge in [-0.1, -0.05) is 12.1 Å². The van der Waals surface area contributed by atoms with Crippen molar-refractivity contribution in [2.75, 3.05) is 13.2 Å². The Labute approximate surface area is 137 Å². The molecule has 1 amide bonds. The average Bonchev–Trinajstić information content (AvgIpc) is 2.76. The molecule has 1 aliphatic rings. The number of rotatable bonds is 4. The summed E-state index contributed by atoms with van der Waals surface area (Å²) in [6.45, 7) is -0.585. The van der Waals surface area contributed by atoms with E-state index >= 15 is 0 Å².